The fourth-order valence-electron chi connectivity index (χ4n) is 2.91. The third-order valence-electron chi connectivity index (χ3n) is 4.13. The van der Waals surface area contributed by atoms with E-state index in [0.29, 0.717) is 12.1 Å². The fourth-order valence-corrected chi connectivity index (χ4v) is 3.21. The summed E-state index contributed by atoms with van der Waals surface area (Å²) in [6, 6.07) is 9.08. The minimum atomic E-state index is 0.326. The van der Waals surface area contributed by atoms with Gasteiger partial charge in [0.2, 0.25) is 0 Å². The highest BCUT2D eigenvalue weighted by atomic mass is 35.5. The van der Waals surface area contributed by atoms with Gasteiger partial charge in [-0.05, 0) is 57.5 Å². The number of nitrogens with one attached hydrogen (secondary N) is 1. The van der Waals surface area contributed by atoms with E-state index in [1.807, 2.05) is 12.1 Å². The third-order valence-corrected chi connectivity index (χ3v) is 4.47. The van der Waals surface area contributed by atoms with E-state index in [2.05, 4.69) is 36.2 Å². The van der Waals surface area contributed by atoms with Crippen LogP contribution in [0.1, 0.15) is 44.7 Å². The van der Waals surface area contributed by atoms with Crippen LogP contribution >= 0.6 is 11.6 Å². The molecule has 0 radical (unpaired) electrons. The molecule has 1 aliphatic heterocycles. The summed E-state index contributed by atoms with van der Waals surface area (Å²) in [5.74, 6) is 0. The lowest BCUT2D eigenvalue weighted by Crippen LogP contribution is -2.33. The molecule has 2 rings (SSSR count). The van der Waals surface area contributed by atoms with Crippen LogP contribution in [0.2, 0.25) is 5.02 Å². The Balaban J connectivity index is 1.92. The van der Waals surface area contributed by atoms with Crippen LogP contribution in [0.4, 0.5) is 0 Å². The van der Waals surface area contributed by atoms with Crippen molar-refractivity contribution in [1.29, 1.82) is 0 Å². The van der Waals surface area contributed by atoms with E-state index in [1.54, 1.807) is 0 Å². The second-order valence-electron chi connectivity index (χ2n) is 5.47. The van der Waals surface area contributed by atoms with Crippen LogP contribution < -0.4 is 5.32 Å². The van der Waals surface area contributed by atoms with Crippen LogP contribution in [0.5, 0.6) is 0 Å². The normalized spacial score (nSPS) is 23.0. The fraction of sp³-hybridized carbons (Fsp3) is 0.625. The molecule has 0 saturated carbocycles. The van der Waals surface area contributed by atoms with E-state index in [1.165, 1.54) is 44.5 Å². The summed E-state index contributed by atoms with van der Waals surface area (Å²) >= 11 is 6.27. The Labute approximate surface area is 122 Å². The van der Waals surface area contributed by atoms with Gasteiger partial charge in [0.05, 0.1) is 0 Å². The molecule has 2 unspecified atom stereocenters. The van der Waals surface area contributed by atoms with Crippen molar-refractivity contribution in [2.24, 2.45) is 0 Å². The predicted octanol–water partition coefficient (Wildman–Crippen LogP) is 3.87. The SMILES string of the molecule is CCN1CCCC(NC(C)c2ccccc2Cl)CC1. The van der Waals surface area contributed by atoms with Gasteiger partial charge >= 0.3 is 0 Å². The average Bonchev–Trinajstić information content (AvgIpc) is 2.64. The quantitative estimate of drug-likeness (QED) is 0.901. The summed E-state index contributed by atoms with van der Waals surface area (Å²) in [7, 11) is 0. The Hall–Kier alpha value is -0.570. The van der Waals surface area contributed by atoms with E-state index < -0.39 is 0 Å². The molecule has 2 nitrogen and oxygen atoms in total. The molecule has 1 aromatic carbocycles. The first-order chi connectivity index (χ1) is 9.20. The molecule has 3 heteroatoms. The van der Waals surface area contributed by atoms with E-state index in [9.17, 15) is 0 Å². The largest absolute Gasteiger partial charge is 0.307 e. The zero-order valence-electron chi connectivity index (χ0n) is 12.0. The van der Waals surface area contributed by atoms with Crippen LogP contribution in [-0.4, -0.2) is 30.6 Å². The van der Waals surface area contributed by atoms with Crippen LogP contribution in [0, 0.1) is 0 Å². The number of rotatable bonds is 4. The summed E-state index contributed by atoms with van der Waals surface area (Å²) < 4.78 is 0. The highest BCUT2D eigenvalue weighted by molar-refractivity contribution is 6.31. The van der Waals surface area contributed by atoms with Crippen LogP contribution in [0.25, 0.3) is 0 Å². The molecule has 1 aromatic rings. The summed E-state index contributed by atoms with van der Waals surface area (Å²) in [5, 5.41) is 4.62. The van der Waals surface area contributed by atoms with Gasteiger partial charge in [0.15, 0.2) is 0 Å². The van der Waals surface area contributed by atoms with Crippen molar-refractivity contribution in [2.75, 3.05) is 19.6 Å². The molecule has 19 heavy (non-hydrogen) atoms. The molecule has 0 bridgehead atoms. The van der Waals surface area contributed by atoms with Crippen molar-refractivity contribution in [1.82, 2.24) is 10.2 Å². The van der Waals surface area contributed by atoms with E-state index in [-0.39, 0.29) is 0 Å². The molecule has 0 aromatic heterocycles. The Morgan fingerprint density at radius 1 is 1.32 bits per heavy atom. The Morgan fingerprint density at radius 2 is 2.11 bits per heavy atom. The second kappa shape index (κ2) is 7.28. The molecule has 1 saturated heterocycles. The molecule has 0 aliphatic carbocycles. The minimum absolute atomic E-state index is 0.326. The number of halogens is 1. The van der Waals surface area contributed by atoms with Gasteiger partial charge in [0.25, 0.3) is 0 Å². The van der Waals surface area contributed by atoms with E-state index in [4.69, 9.17) is 11.6 Å². The lowest BCUT2D eigenvalue weighted by atomic mass is 10.0. The highest BCUT2D eigenvalue weighted by Crippen LogP contribution is 2.24. The number of likely N-dealkylation sites (tertiary alicyclic amines) is 1. The number of benzene rings is 1. The lowest BCUT2D eigenvalue weighted by Gasteiger charge is -2.23. The molecule has 1 N–H and O–H groups in total. The molecule has 0 amide bonds. The predicted molar refractivity (Wildman–Crippen MR) is 82.8 cm³/mol. The summed E-state index contributed by atoms with van der Waals surface area (Å²) in [4.78, 5) is 2.54. The first-order valence-corrected chi connectivity index (χ1v) is 7.81. The summed E-state index contributed by atoms with van der Waals surface area (Å²) in [6.45, 7) is 8.09. The minimum Gasteiger partial charge on any atom is -0.307 e. The Bertz CT molecular complexity index is 394. The highest BCUT2D eigenvalue weighted by Gasteiger charge is 2.18. The van der Waals surface area contributed by atoms with Crippen LogP contribution in [0.15, 0.2) is 24.3 Å². The molecular formula is C16H25ClN2. The number of hydrogen-bond acceptors (Lipinski definition) is 2. The monoisotopic (exact) mass is 280 g/mol. The molecular weight excluding hydrogens is 256 g/mol. The maximum Gasteiger partial charge on any atom is 0.0453 e. The van der Waals surface area contributed by atoms with Crippen molar-refractivity contribution in [3.8, 4) is 0 Å². The summed E-state index contributed by atoms with van der Waals surface area (Å²) in [6.07, 6.45) is 3.80. The molecule has 0 spiro atoms. The Morgan fingerprint density at radius 3 is 2.84 bits per heavy atom. The summed E-state index contributed by atoms with van der Waals surface area (Å²) in [5.41, 5.74) is 1.21. The maximum atomic E-state index is 6.27. The average molecular weight is 281 g/mol. The topological polar surface area (TPSA) is 15.3 Å². The van der Waals surface area contributed by atoms with Gasteiger partial charge in [0, 0.05) is 17.1 Å². The van der Waals surface area contributed by atoms with Gasteiger partial charge in [-0.1, -0.05) is 36.7 Å². The van der Waals surface area contributed by atoms with Gasteiger partial charge in [-0.3, -0.25) is 0 Å². The number of hydrogen-bond donors (Lipinski definition) is 1. The molecule has 106 valence electrons. The van der Waals surface area contributed by atoms with E-state index in [0.717, 1.165) is 5.02 Å². The Kier molecular flexibility index (Phi) is 5.68. The zero-order chi connectivity index (χ0) is 13.7. The van der Waals surface area contributed by atoms with E-state index >= 15 is 0 Å². The zero-order valence-corrected chi connectivity index (χ0v) is 12.8. The molecule has 1 aliphatic rings. The van der Waals surface area contributed by atoms with Crippen LogP contribution in [0.3, 0.4) is 0 Å². The molecule has 2 atom stereocenters. The van der Waals surface area contributed by atoms with Crippen LogP contribution in [-0.2, 0) is 0 Å². The van der Waals surface area contributed by atoms with Crippen molar-refractivity contribution in [2.45, 2.75) is 45.2 Å². The van der Waals surface area contributed by atoms with Gasteiger partial charge < -0.3 is 10.2 Å². The van der Waals surface area contributed by atoms with Gasteiger partial charge in [-0.25, -0.2) is 0 Å². The van der Waals surface area contributed by atoms with Gasteiger partial charge in [-0.15, -0.1) is 0 Å². The van der Waals surface area contributed by atoms with Gasteiger partial charge in [-0.2, -0.15) is 0 Å². The van der Waals surface area contributed by atoms with Crippen molar-refractivity contribution in [3.63, 3.8) is 0 Å². The first-order valence-electron chi connectivity index (χ1n) is 7.43. The second-order valence-corrected chi connectivity index (χ2v) is 5.88. The molecule has 1 fully saturated rings. The smallest absolute Gasteiger partial charge is 0.0453 e. The van der Waals surface area contributed by atoms with Gasteiger partial charge in [0.1, 0.15) is 0 Å². The van der Waals surface area contributed by atoms with Crippen molar-refractivity contribution in [3.05, 3.63) is 34.9 Å². The standard InChI is InChI=1S/C16H25ClN2/c1-3-19-11-6-7-14(10-12-19)18-13(2)15-8-4-5-9-16(15)17/h4-5,8-9,13-14,18H,3,6-7,10-12H2,1-2H3. The van der Waals surface area contributed by atoms with Crippen molar-refractivity contribution < 1.29 is 0 Å². The third kappa shape index (κ3) is 4.20. The number of nitrogens with zero attached hydrogens (tertiary/aromatic N) is 1. The maximum absolute atomic E-state index is 6.27. The molecule has 1 heterocycles. The van der Waals surface area contributed by atoms with Crippen molar-refractivity contribution >= 4 is 11.6 Å². The first kappa shape index (κ1) is 14.8. The lowest BCUT2D eigenvalue weighted by molar-refractivity contribution is 0.295.